The van der Waals surface area contributed by atoms with Crippen LogP contribution in [0.25, 0.3) is 11.0 Å². The first-order valence-electron chi connectivity index (χ1n) is 9.25. The fourth-order valence-corrected chi connectivity index (χ4v) is 3.05. The molecule has 6 heteroatoms. The second kappa shape index (κ2) is 8.71. The number of nitrogens with one attached hydrogen (secondary N) is 1. The van der Waals surface area contributed by atoms with Crippen molar-refractivity contribution in [3.8, 4) is 5.75 Å². The van der Waals surface area contributed by atoms with Crippen LogP contribution in [0.1, 0.15) is 25.0 Å². The van der Waals surface area contributed by atoms with Crippen molar-refractivity contribution in [2.24, 2.45) is 0 Å². The Labute approximate surface area is 162 Å². The number of aliphatic hydroxyl groups is 1. The van der Waals surface area contributed by atoms with Crippen LogP contribution in [0.15, 0.2) is 57.7 Å². The molecule has 2 aromatic carbocycles. The van der Waals surface area contributed by atoms with Gasteiger partial charge in [-0.15, -0.1) is 0 Å². The summed E-state index contributed by atoms with van der Waals surface area (Å²) in [6, 6.07) is 14.0. The van der Waals surface area contributed by atoms with Gasteiger partial charge >= 0.3 is 5.63 Å². The van der Waals surface area contributed by atoms with Gasteiger partial charge in [0.1, 0.15) is 11.3 Å². The molecule has 0 aliphatic rings. The number of benzene rings is 2. The van der Waals surface area contributed by atoms with E-state index >= 15 is 0 Å². The quantitative estimate of drug-likeness (QED) is 0.613. The molecule has 0 spiro atoms. The molecule has 6 nitrogen and oxygen atoms in total. The SMILES string of the molecule is CCc1cc(=O)oc2cc(OC(C)C(=O)Nc3ccccc3CCO)ccc12. The first kappa shape index (κ1) is 19.6. The Kier molecular flexibility index (Phi) is 6.11. The smallest absolute Gasteiger partial charge is 0.336 e. The van der Waals surface area contributed by atoms with E-state index in [1.54, 1.807) is 25.1 Å². The zero-order valence-electron chi connectivity index (χ0n) is 15.9. The van der Waals surface area contributed by atoms with Crippen molar-refractivity contribution in [2.75, 3.05) is 11.9 Å². The van der Waals surface area contributed by atoms with Gasteiger partial charge in [-0.1, -0.05) is 25.1 Å². The van der Waals surface area contributed by atoms with Crippen LogP contribution in [0.2, 0.25) is 0 Å². The molecule has 28 heavy (non-hydrogen) atoms. The van der Waals surface area contributed by atoms with Crippen LogP contribution < -0.4 is 15.7 Å². The van der Waals surface area contributed by atoms with Gasteiger partial charge in [0.2, 0.25) is 0 Å². The van der Waals surface area contributed by atoms with E-state index in [0.717, 1.165) is 16.5 Å². The zero-order chi connectivity index (χ0) is 20.1. The molecule has 0 radical (unpaired) electrons. The van der Waals surface area contributed by atoms with Gasteiger partial charge in [0.15, 0.2) is 6.10 Å². The molecule has 2 N–H and O–H groups in total. The van der Waals surface area contributed by atoms with Crippen LogP contribution in [-0.4, -0.2) is 23.7 Å². The summed E-state index contributed by atoms with van der Waals surface area (Å²) in [5.74, 6) is 0.129. The molecular weight excluding hydrogens is 358 g/mol. The number of aryl methyl sites for hydroxylation is 1. The summed E-state index contributed by atoms with van der Waals surface area (Å²) in [6.07, 6.45) is 0.407. The Morgan fingerprint density at radius 3 is 2.71 bits per heavy atom. The fraction of sp³-hybridized carbons (Fsp3) is 0.273. The molecule has 1 heterocycles. The standard InChI is InChI=1S/C22H23NO5/c1-3-15-12-21(25)28-20-13-17(8-9-18(15)20)27-14(2)22(26)23-19-7-5-4-6-16(19)10-11-24/h4-9,12-14,24H,3,10-11H2,1-2H3,(H,23,26). The molecule has 0 saturated heterocycles. The van der Waals surface area contributed by atoms with Gasteiger partial charge in [-0.05, 0) is 49.1 Å². The summed E-state index contributed by atoms with van der Waals surface area (Å²) < 4.78 is 11.0. The average molecular weight is 381 g/mol. The third-order valence-corrected chi connectivity index (χ3v) is 4.52. The molecule has 0 bridgehead atoms. The first-order chi connectivity index (χ1) is 13.5. The number of amides is 1. The number of anilines is 1. The number of rotatable bonds is 7. The molecule has 0 saturated carbocycles. The molecule has 0 aliphatic heterocycles. The summed E-state index contributed by atoms with van der Waals surface area (Å²) in [7, 11) is 0. The Morgan fingerprint density at radius 2 is 1.96 bits per heavy atom. The molecular formula is C22H23NO5. The maximum absolute atomic E-state index is 12.5. The molecule has 146 valence electrons. The third-order valence-electron chi connectivity index (χ3n) is 4.52. The molecule has 1 amide bonds. The van der Waals surface area contributed by atoms with E-state index in [4.69, 9.17) is 14.3 Å². The lowest BCUT2D eigenvalue weighted by molar-refractivity contribution is -0.122. The summed E-state index contributed by atoms with van der Waals surface area (Å²) in [4.78, 5) is 24.2. The van der Waals surface area contributed by atoms with E-state index in [0.29, 0.717) is 29.9 Å². The number of para-hydroxylation sites is 1. The Morgan fingerprint density at radius 1 is 1.18 bits per heavy atom. The number of hydrogen-bond donors (Lipinski definition) is 2. The fourth-order valence-electron chi connectivity index (χ4n) is 3.05. The van der Waals surface area contributed by atoms with Gasteiger partial charge in [-0.25, -0.2) is 4.79 Å². The third kappa shape index (κ3) is 4.40. The minimum Gasteiger partial charge on any atom is -0.481 e. The Bertz CT molecular complexity index is 1040. The average Bonchev–Trinajstić information content (AvgIpc) is 2.68. The topological polar surface area (TPSA) is 88.8 Å². The molecule has 1 atom stereocenters. The van der Waals surface area contributed by atoms with Crippen molar-refractivity contribution < 1.29 is 19.1 Å². The number of carbonyl (C=O) groups is 1. The summed E-state index contributed by atoms with van der Waals surface area (Å²) in [5, 5.41) is 12.8. The first-order valence-corrected chi connectivity index (χ1v) is 9.25. The normalized spacial score (nSPS) is 12.0. The second-order valence-corrected chi connectivity index (χ2v) is 6.48. The van der Waals surface area contributed by atoms with Crippen molar-refractivity contribution in [1.82, 2.24) is 0 Å². The highest BCUT2D eigenvalue weighted by Crippen LogP contribution is 2.24. The number of aliphatic hydroxyl groups excluding tert-OH is 1. The minimum atomic E-state index is -0.763. The molecule has 0 aliphatic carbocycles. The van der Waals surface area contributed by atoms with Crippen molar-refractivity contribution in [3.63, 3.8) is 0 Å². The van der Waals surface area contributed by atoms with Gasteiger partial charge in [-0.3, -0.25) is 4.79 Å². The van der Waals surface area contributed by atoms with Gasteiger partial charge in [0.25, 0.3) is 5.91 Å². The highest BCUT2D eigenvalue weighted by Gasteiger charge is 2.17. The number of hydrogen-bond acceptors (Lipinski definition) is 5. The van der Waals surface area contributed by atoms with Crippen LogP contribution in [0.5, 0.6) is 5.75 Å². The highest BCUT2D eigenvalue weighted by atomic mass is 16.5. The van der Waals surface area contributed by atoms with Crippen LogP contribution in [0.4, 0.5) is 5.69 Å². The maximum atomic E-state index is 12.5. The van der Waals surface area contributed by atoms with E-state index in [1.807, 2.05) is 31.2 Å². The second-order valence-electron chi connectivity index (χ2n) is 6.48. The predicted octanol–water partition coefficient (Wildman–Crippen LogP) is 3.30. The van der Waals surface area contributed by atoms with E-state index in [9.17, 15) is 9.59 Å². The molecule has 3 aromatic rings. The van der Waals surface area contributed by atoms with Crippen LogP contribution in [-0.2, 0) is 17.6 Å². The van der Waals surface area contributed by atoms with E-state index in [2.05, 4.69) is 5.32 Å². The van der Waals surface area contributed by atoms with Crippen LogP contribution >= 0.6 is 0 Å². The van der Waals surface area contributed by atoms with Gasteiger partial charge in [-0.2, -0.15) is 0 Å². The van der Waals surface area contributed by atoms with E-state index in [1.165, 1.54) is 6.07 Å². The molecule has 3 rings (SSSR count). The van der Waals surface area contributed by atoms with Crippen LogP contribution in [0, 0.1) is 0 Å². The van der Waals surface area contributed by atoms with Gasteiger partial charge in [0.05, 0.1) is 0 Å². The van der Waals surface area contributed by atoms with Crippen molar-refractivity contribution in [2.45, 2.75) is 32.8 Å². The highest BCUT2D eigenvalue weighted by molar-refractivity contribution is 5.94. The van der Waals surface area contributed by atoms with Crippen molar-refractivity contribution in [1.29, 1.82) is 0 Å². The summed E-state index contributed by atoms with van der Waals surface area (Å²) >= 11 is 0. The van der Waals surface area contributed by atoms with Crippen LogP contribution in [0.3, 0.4) is 0 Å². The molecule has 1 aromatic heterocycles. The van der Waals surface area contributed by atoms with Gasteiger partial charge in [0, 0.05) is 29.8 Å². The number of fused-ring (bicyclic) bond motifs is 1. The van der Waals surface area contributed by atoms with E-state index in [-0.39, 0.29) is 12.5 Å². The lowest BCUT2D eigenvalue weighted by Gasteiger charge is -2.16. The zero-order valence-corrected chi connectivity index (χ0v) is 15.9. The molecule has 1 unspecified atom stereocenters. The summed E-state index contributed by atoms with van der Waals surface area (Å²) in [6.45, 7) is 3.62. The van der Waals surface area contributed by atoms with Crippen molar-refractivity contribution in [3.05, 3.63) is 70.1 Å². The maximum Gasteiger partial charge on any atom is 0.336 e. The Hall–Kier alpha value is -3.12. The Balaban J connectivity index is 1.76. The van der Waals surface area contributed by atoms with E-state index < -0.39 is 11.7 Å². The lowest BCUT2D eigenvalue weighted by atomic mass is 10.1. The largest absolute Gasteiger partial charge is 0.481 e. The molecule has 0 fully saturated rings. The van der Waals surface area contributed by atoms with Gasteiger partial charge < -0.3 is 19.6 Å². The number of carbonyl (C=O) groups excluding carboxylic acids is 1. The predicted molar refractivity (Wildman–Crippen MR) is 108 cm³/mol. The van der Waals surface area contributed by atoms with Crippen molar-refractivity contribution >= 4 is 22.6 Å². The monoisotopic (exact) mass is 381 g/mol. The minimum absolute atomic E-state index is 0.000970. The number of ether oxygens (including phenoxy) is 1. The summed E-state index contributed by atoms with van der Waals surface area (Å²) in [5.41, 5.74) is 2.43. The lowest BCUT2D eigenvalue weighted by Crippen LogP contribution is -2.30.